The van der Waals surface area contributed by atoms with Gasteiger partial charge in [-0.25, -0.2) is 4.98 Å². The molecule has 0 bridgehead atoms. The largest absolute Gasteiger partial charge is 0.490 e. The summed E-state index contributed by atoms with van der Waals surface area (Å²) in [4.78, 5) is 6.72. The van der Waals surface area contributed by atoms with Crippen LogP contribution in [0.5, 0.6) is 5.75 Å². The molecule has 19 heavy (non-hydrogen) atoms. The lowest BCUT2D eigenvalue weighted by molar-refractivity contribution is 0.0420. The van der Waals surface area contributed by atoms with Crippen LogP contribution in [0.25, 0.3) is 0 Å². The first-order chi connectivity index (χ1) is 9.35. The van der Waals surface area contributed by atoms with E-state index in [1.165, 1.54) is 0 Å². The van der Waals surface area contributed by atoms with Crippen molar-refractivity contribution in [1.29, 1.82) is 0 Å². The van der Waals surface area contributed by atoms with Crippen LogP contribution in [-0.4, -0.2) is 43.9 Å². The Balaban J connectivity index is 1.93. The van der Waals surface area contributed by atoms with Gasteiger partial charge in [0.05, 0.1) is 19.3 Å². The standard InChI is InChI=1S/C14H23N3O2/c1-2-18-13-4-3-8-16-14(13)17-9-5-12(6-10-17)19-11-7-15/h3-4,8,12H,2,5-7,9-11,15H2,1H3. The third kappa shape index (κ3) is 3.81. The first kappa shape index (κ1) is 14.1. The van der Waals surface area contributed by atoms with Crippen LogP contribution in [-0.2, 0) is 4.74 Å². The van der Waals surface area contributed by atoms with Gasteiger partial charge in [0.1, 0.15) is 0 Å². The maximum Gasteiger partial charge on any atom is 0.171 e. The Bertz CT molecular complexity index is 379. The van der Waals surface area contributed by atoms with Crippen LogP contribution in [0.1, 0.15) is 19.8 Å². The lowest BCUT2D eigenvalue weighted by Crippen LogP contribution is -2.38. The lowest BCUT2D eigenvalue weighted by Gasteiger charge is -2.33. The second-order valence-electron chi connectivity index (χ2n) is 4.60. The molecule has 5 heteroatoms. The first-order valence-electron chi connectivity index (χ1n) is 6.99. The monoisotopic (exact) mass is 265 g/mol. The lowest BCUT2D eigenvalue weighted by atomic mass is 10.1. The molecule has 2 rings (SSSR count). The molecule has 0 spiro atoms. The number of pyridine rings is 1. The van der Waals surface area contributed by atoms with Gasteiger partial charge in [-0.05, 0) is 31.9 Å². The van der Waals surface area contributed by atoms with Crippen molar-refractivity contribution in [2.45, 2.75) is 25.9 Å². The van der Waals surface area contributed by atoms with Crippen LogP contribution < -0.4 is 15.4 Å². The second-order valence-corrected chi connectivity index (χ2v) is 4.60. The van der Waals surface area contributed by atoms with Gasteiger partial charge in [-0.15, -0.1) is 0 Å². The summed E-state index contributed by atoms with van der Waals surface area (Å²) >= 11 is 0. The molecule has 1 saturated heterocycles. The normalized spacial score (nSPS) is 16.6. The van der Waals surface area contributed by atoms with E-state index in [0.717, 1.165) is 37.5 Å². The Morgan fingerprint density at radius 2 is 2.21 bits per heavy atom. The Hall–Kier alpha value is -1.33. The minimum Gasteiger partial charge on any atom is -0.490 e. The molecule has 2 N–H and O–H groups in total. The van der Waals surface area contributed by atoms with Gasteiger partial charge in [-0.3, -0.25) is 0 Å². The molecule has 0 saturated carbocycles. The Morgan fingerprint density at radius 1 is 1.42 bits per heavy atom. The quantitative estimate of drug-likeness (QED) is 0.843. The minimum absolute atomic E-state index is 0.332. The van der Waals surface area contributed by atoms with E-state index in [4.69, 9.17) is 15.2 Å². The van der Waals surface area contributed by atoms with Crippen LogP contribution in [0, 0.1) is 0 Å². The van der Waals surface area contributed by atoms with E-state index in [1.54, 1.807) is 0 Å². The second kappa shape index (κ2) is 7.31. The van der Waals surface area contributed by atoms with E-state index in [1.807, 2.05) is 25.3 Å². The van der Waals surface area contributed by atoms with Gasteiger partial charge in [0.15, 0.2) is 11.6 Å². The van der Waals surface area contributed by atoms with E-state index < -0.39 is 0 Å². The fraction of sp³-hybridized carbons (Fsp3) is 0.643. The number of rotatable bonds is 6. The number of nitrogens with two attached hydrogens (primary N) is 1. The molecule has 0 aromatic carbocycles. The summed E-state index contributed by atoms with van der Waals surface area (Å²) in [5, 5.41) is 0. The summed E-state index contributed by atoms with van der Waals surface area (Å²) in [6.07, 6.45) is 4.18. The molecule has 0 aliphatic carbocycles. The summed E-state index contributed by atoms with van der Waals surface area (Å²) in [6.45, 7) is 5.80. The molecule has 1 aliphatic rings. The summed E-state index contributed by atoms with van der Waals surface area (Å²) in [5.74, 6) is 1.81. The van der Waals surface area contributed by atoms with Gasteiger partial charge >= 0.3 is 0 Å². The number of nitrogens with zero attached hydrogens (tertiary/aromatic N) is 2. The van der Waals surface area contributed by atoms with Crippen LogP contribution >= 0.6 is 0 Å². The van der Waals surface area contributed by atoms with Crippen molar-refractivity contribution in [1.82, 2.24) is 4.98 Å². The molecule has 1 fully saturated rings. The fourth-order valence-electron chi connectivity index (χ4n) is 2.36. The minimum atomic E-state index is 0.332. The molecule has 0 atom stereocenters. The van der Waals surface area contributed by atoms with E-state index in [9.17, 15) is 0 Å². The van der Waals surface area contributed by atoms with E-state index in [0.29, 0.717) is 25.9 Å². The highest BCUT2D eigenvalue weighted by molar-refractivity contribution is 5.52. The Kier molecular flexibility index (Phi) is 5.42. The summed E-state index contributed by atoms with van der Waals surface area (Å²) in [7, 11) is 0. The highest BCUT2D eigenvalue weighted by atomic mass is 16.5. The third-order valence-electron chi connectivity index (χ3n) is 3.26. The van der Waals surface area contributed by atoms with Crippen molar-refractivity contribution in [3.8, 4) is 5.75 Å². The van der Waals surface area contributed by atoms with Crippen molar-refractivity contribution in [2.24, 2.45) is 5.73 Å². The number of piperidine rings is 1. The number of ether oxygens (including phenoxy) is 2. The highest BCUT2D eigenvalue weighted by Gasteiger charge is 2.22. The predicted molar refractivity (Wildman–Crippen MR) is 75.6 cm³/mol. The van der Waals surface area contributed by atoms with Crippen molar-refractivity contribution in [3.05, 3.63) is 18.3 Å². The van der Waals surface area contributed by atoms with Crippen molar-refractivity contribution in [3.63, 3.8) is 0 Å². The zero-order chi connectivity index (χ0) is 13.5. The predicted octanol–water partition coefficient (Wildman–Crippen LogP) is 1.42. The van der Waals surface area contributed by atoms with Crippen LogP contribution in [0.15, 0.2) is 18.3 Å². The van der Waals surface area contributed by atoms with Crippen molar-refractivity contribution < 1.29 is 9.47 Å². The SMILES string of the molecule is CCOc1cccnc1N1CCC(OCCN)CC1. The average molecular weight is 265 g/mol. The van der Waals surface area contributed by atoms with Crippen molar-refractivity contribution in [2.75, 3.05) is 37.7 Å². The van der Waals surface area contributed by atoms with Gasteiger partial charge in [-0.1, -0.05) is 0 Å². The van der Waals surface area contributed by atoms with E-state index in [-0.39, 0.29) is 0 Å². The van der Waals surface area contributed by atoms with Crippen LogP contribution in [0.2, 0.25) is 0 Å². The van der Waals surface area contributed by atoms with Gasteiger partial charge in [0, 0.05) is 25.8 Å². The zero-order valence-corrected chi connectivity index (χ0v) is 11.5. The maximum absolute atomic E-state index is 5.69. The van der Waals surface area contributed by atoms with Crippen LogP contribution in [0.3, 0.4) is 0 Å². The Morgan fingerprint density at radius 3 is 2.89 bits per heavy atom. The van der Waals surface area contributed by atoms with Gasteiger partial charge < -0.3 is 20.1 Å². The topological polar surface area (TPSA) is 60.6 Å². The molecular formula is C14H23N3O2. The third-order valence-corrected chi connectivity index (χ3v) is 3.26. The number of hydrogen-bond acceptors (Lipinski definition) is 5. The molecule has 1 aromatic heterocycles. The van der Waals surface area contributed by atoms with Gasteiger partial charge in [0.2, 0.25) is 0 Å². The molecule has 106 valence electrons. The molecular weight excluding hydrogens is 242 g/mol. The van der Waals surface area contributed by atoms with Gasteiger partial charge in [0.25, 0.3) is 0 Å². The molecule has 0 unspecified atom stereocenters. The van der Waals surface area contributed by atoms with Crippen LogP contribution in [0.4, 0.5) is 5.82 Å². The molecule has 1 aliphatic heterocycles. The first-order valence-corrected chi connectivity index (χ1v) is 6.99. The van der Waals surface area contributed by atoms with E-state index >= 15 is 0 Å². The molecule has 5 nitrogen and oxygen atoms in total. The summed E-state index contributed by atoms with van der Waals surface area (Å²) in [6, 6.07) is 3.88. The van der Waals surface area contributed by atoms with Gasteiger partial charge in [-0.2, -0.15) is 0 Å². The molecule has 2 heterocycles. The number of hydrogen-bond donors (Lipinski definition) is 1. The van der Waals surface area contributed by atoms with E-state index in [2.05, 4.69) is 9.88 Å². The molecule has 0 amide bonds. The number of aromatic nitrogens is 1. The summed E-state index contributed by atoms with van der Waals surface area (Å²) < 4.78 is 11.3. The number of anilines is 1. The maximum atomic E-state index is 5.69. The molecule has 0 radical (unpaired) electrons. The Labute approximate surface area is 114 Å². The molecule has 1 aromatic rings. The average Bonchev–Trinajstić information content (AvgIpc) is 2.47. The smallest absolute Gasteiger partial charge is 0.171 e. The van der Waals surface area contributed by atoms with Crippen molar-refractivity contribution >= 4 is 5.82 Å². The zero-order valence-electron chi connectivity index (χ0n) is 11.5. The fourth-order valence-corrected chi connectivity index (χ4v) is 2.36. The summed E-state index contributed by atoms with van der Waals surface area (Å²) in [5.41, 5.74) is 5.46. The highest BCUT2D eigenvalue weighted by Crippen LogP contribution is 2.28.